The zero-order chi connectivity index (χ0) is 18.7. The molecule has 2 heterocycles. The summed E-state index contributed by atoms with van der Waals surface area (Å²) in [6.45, 7) is 7.89. The average molecular weight is 375 g/mol. The number of aromatic nitrogens is 2. The van der Waals surface area contributed by atoms with Crippen LogP contribution in [0.15, 0.2) is 30.6 Å². The largest absolute Gasteiger partial charge is 0.331 e. The molecule has 0 aliphatic carbocycles. The Hall–Kier alpha value is -1.85. The Kier molecular flexibility index (Phi) is 5.99. The van der Waals surface area contributed by atoms with Gasteiger partial charge in [-0.2, -0.15) is 0 Å². The van der Waals surface area contributed by atoms with E-state index >= 15 is 0 Å². The van der Waals surface area contributed by atoms with Gasteiger partial charge in [0.05, 0.1) is 6.04 Å². The number of aryl methyl sites for hydroxylation is 2. The highest BCUT2D eigenvalue weighted by molar-refractivity contribution is 6.31. The van der Waals surface area contributed by atoms with Crippen molar-refractivity contribution >= 4 is 23.2 Å². The Balaban J connectivity index is 1.67. The molecule has 3 rings (SSSR count). The molecule has 2 atom stereocenters. The van der Waals surface area contributed by atoms with Crippen molar-refractivity contribution in [2.24, 2.45) is 0 Å². The van der Waals surface area contributed by atoms with Gasteiger partial charge < -0.3 is 9.88 Å². The van der Waals surface area contributed by atoms with Crippen molar-refractivity contribution in [2.45, 2.75) is 52.1 Å². The number of nitrogens with zero attached hydrogens (tertiary/aromatic N) is 3. The molecule has 0 spiro atoms. The van der Waals surface area contributed by atoms with E-state index in [9.17, 15) is 4.79 Å². The van der Waals surface area contributed by atoms with Crippen LogP contribution in [0.25, 0.3) is 0 Å². The van der Waals surface area contributed by atoms with Crippen LogP contribution in [-0.4, -0.2) is 39.5 Å². The van der Waals surface area contributed by atoms with Crippen LogP contribution in [0.4, 0.5) is 5.69 Å². The molecular weight excluding hydrogens is 348 g/mol. The van der Waals surface area contributed by atoms with Crippen LogP contribution in [-0.2, 0) is 11.2 Å². The molecule has 2 unspecified atom stereocenters. The van der Waals surface area contributed by atoms with Gasteiger partial charge in [-0.1, -0.05) is 24.6 Å². The lowest BCUT2D eigenvalue weighted by molar-refractivity contribution is -0.121. The first-order chi connectivity index (χ1) is 12.5. The predicted molar refractivity (Wildman–Crippen MR) is 106 cm³/mol. The third-order valence-electron chi connectivity index (χ3n) is 5.27. The minimum atomic E-state index is -0.190. The van der Waals surface area contributed by atoms with Crippen LogP contribution >= 0.6 is 11.6 Å². The number of benzene rings is 1. The van der Waals surface area contributed by atoms with Gasteiger partial charge in [0.1, 0.15) is 5.82 Å². The Morgan fingerprint density at radius 2 is 2.27 bits per heavy atom. The minimum absolute atomic E-state index is 0.0114. The van der Waals surface area contributed by atoms with E-state index in [1.165, 1.54) is 0 Å². The molecule has 1 aliphatic rings. The summed E-state index contributed by atoms with van der Waals surface area (Å²) in [7, 11) is 0. The second kappa shape index (κ2) is 8.23. The van der Waals surface area contributed by atoms with Gasteiger partial charge in [0.25, 0.3) is 0 Å². The molecule has 1 fully saturated rings. The summed E-state index contributed by atoms with van der Waals surface area (Å²) in [5, 5.41) is 3.66. The maximum Gasteiger partial charge on any atom is 0.241 e. The van der Waals surface area contributed by atoms with Crippen molar-refractivity contribution in [2.75, 3.05) is 18.4 Å². The lowest BCUT2D eigenvalue weighted by Crippen LogP contribution is -2.47. The molecule has 1 aromatic carbocycles. The van der Waals surface area contributed by atoms with Gasteiger partial charge >= 0.3 is 0 Å². The Bertz CT molecular complexity index is 773. The molecule has 1 saturated heterocycles. The number of likely N-dealkylation sites (tertiary alicyclic amines) is 1. The monoisotopic (exact) mass is 374 g/mol. The number of anilines is 1. The van der Waals surface area contributed by atoms with E-state index in [1.54, 1.807) is 6.07 Å². The van der Waals surface area contributed by atoms with Crippen molar-refractivity contribution < 1.29 is 4.79 Å². The van der Waals surface area contributed by atoms with Gasteiger partial charge in [-0.25, -0.2) is 4.98 Å². The molecule has 6 heteroatoms. The zero-order valence-corrected chi connectivity index (χ0v) is 16.5. The molecule has 1 amide bonds. The molecule has 5 nitrogen and oxygen atoms in total. The van der Waals surface area contributed by atoms with Crippen LogP contribution in [0.3, 0.4) is 0 Å². The summed E-state index contributed by atoms with van der Waals surface area (Å²) in [5.74, 6) is 1.13. The number of hydrogen-bond donors (Lipinski definition) is 1. The van der Waals surface area contributed by atoms with Crippen LogP contribution < -0.4 is 5.32 Å². The number of amides is 1. The van der Waals surface area contributed by atoms with Gasteiger partial charge in [0.2, 0.25) is 5.91 Å². The topological polar surface area (TPSA) is 50.2 Å². The number of hydrogen-bond acceptors (Lipinski definition) is 3. The molecule has 2 aromatic rings. The zero-order valence-electron chi connectivity index (χ0n) is 15.7. The standard InChI is InChI=1S/C20H27ClN4O/c1-4-19-22-9-11-25(19)17-6-5-10-24(13-17)15(3)20(26)23-18-12-16(21)8-7-14(18)2/h7-9,11-12,15,17H,4-6,10,13H2,1-3H3,(H,23,26). The van der Waals surface area contributed by atoms with Gasteiger partial charge in [-0.15, -0.1) is 0 Å². The number of nitrogens with one attached hydrogen (secondary N) is 1. The van der Waals surface area contributed by atoms with Gasteiger partial charge in [0.15, 0.2) is 0 Å². The van der Waals surface area contributed by atoms with Crippen molar-refractivity contribution in [3.05, 3.63) is 47.0 Å². The normalized spacial score (nSPS) is 19.3. The van der Waals surface area contributed by atoms with Crippen LogP contribution in [0.2, 0.25) is 5.02 Å². The van der Waals surface area contributed by atoms with E-state index in [0.717, 1.165) is 49.4 Å². The minimum Gasteiger partial charge on any atom is -0.331 e. The third kappa shape index (κ3) is 4.10. The van der Waals surface area contributed by atoms with Crippen molar-refractivity contribution in [1.29, 1.82) is 0 Å². The number of piperidine rings is 1. The molecule has 1 aromatic heterocycles. The molecule has 0 bridgehead atoms. The van der Waals surface area contributed by atoms with Crippen molar-refractivity contribution in [1.82, 2.24) is 14.5 Å². The smallest absolute Gasteiger partial charge is 0.241 e. The number of halogens is 1. The Morgan fingerprint density at radius 1 is 1.46 bits per heavy atom. The highest BCUT2D eigenvalue weighted by Crippen LogP contribution is 2.25. The molecule has 1 N–H and O–H groups in total. The average Bonchev–Trinajstić information content (AvgIpc) is 3.13. The third-order valence-corrected chi connectivity index (χ3v) is 5.51. The van der Waals surface area contributed by atoms with Crippen molar-refractivity contribution in [3.8, 4) is 0 Å². The second-order valence-corrected chi connectivity index (χ2v) is 7.46. The summed E-state index contributed by atoms with van der Waals surface area (Å²) >= 11 is 6.06. The SMILES string of the molecule is CCc1nccn1C1CCCN(C(C)C(=O)Nc2cc(Cl)ccc2C)C1. The Morgan fingerprint density at radius 3 is 3.04 bits per heavy atom. The van der Waals surface area contributed by atoms with E-state index in [2.05, 4.69) is 32.9 Å². The molecule has 0 saturated carbocycles. The highest BCUT2D eigenvalue weighted by Gasteiger charge is 2.29. The highest BCUT2D eigenvalue weighted by atomic mass is 35.5. The Labute approximate surface area is 160 Å². The lowest BCUT2D eigenvalue weighted by Gasteiger charge is -2.37. The van der Waals surface area contributed by atoms with Crippen molar-refractivity contribution in [3.63, 3.8) is 0 Å². The fourth-order valence-corrected chi connectivity index (χ4v) is 3.82. The van der Waals surface area contributed by atoms with Crippen LogP contribution in [0, 0.1) is 6.92 Å². The van der Waals surface area contributed by atoms with Crippen LogP contribution in [0.5, 0.6) is 0 Å². The number of carbonyl (C=O) groups is 1. The van der Waals surface area contributed by atoms with E-state index in [4.69, 9.17) is 11.6 Å². The first kappa shape index (κ1) is 18.9. The van der Waals surface area contributed by atoms with Gasteiger partial charge in [-0.05, 0) is 50.9 Å². The number of carbonyl (C=O) groups excluding carboxylic acids is 1. The fourth-order valence-electron chi connectivity index (χ4n) is 3.64. The maximum atomic E-state index is 12.8. The fraction of sp³-hybridized carbons (Fsp3) is 0.500. The molecule has 140 valence electrons. The first-order valence-electron chi connectivity index (χ1n) is 9.32. The molecule has 1 aliphatic heterocycles. The quantitative estimate of drug-likeness (QED) is 0.858. The maximum absolute atomic E-state index is 12.8. The predicted octanol–water partition coefficient (Wildman–Crippen LogP) is 4.07. The molecule has 26 heavy (non-hydrogen) atoms. The van der Waals surface area contributed by atoms with E-state index in [-0.39, 0.29) is 11.9 Å². The number of rotatable bonds is 5. The summed E-state index contributed by atoms with van der Waals surface area (Å²) in [5.41, 5.74) is 1.79. The number of imidazole rings is 1. The van der Waals surface area contributed by atoms with E-state index < -0.39 is 0 Å². The van der Waals surface area contributed by atoms with Gasteiger partial charge in [-0.3, -0.25) is 9.69 Å². The van der Waals surface area contributed by atoms with E-state index in [0.29, 0.717) is 11.1 Å². The lowest BCUT2D eigenvalue weighted by atomic mass is 10.0. The summed E-state index contributed by atoms with van der Waals surface area (Å²) in [6.07, 6.45) is 7.07. The summed E-state index contributed by atoms with van der Waals surface area (Å²) in [4.78, 5) is 19.5. The molecule has 0 radical (unpaired) electrons. The molecular formula is C20H27ClN4O. The van der Waals surface area contributed by atoms with Gasteiger partial charge in [0, 0.05) is 42.1 Å². The second-order valence-electron chi connectivity index (χ2n) is 7.02. The summed E-state index contributed by atoms with van der Waals surface area (Å²) in [6, 6.07) is 5.75. The summed E-state index contributed by atoms with van der Waals surface area (Å²) < 4.78 is 2.28. The van der Waals surface area contributed by atoms with Crippen LogP contribution in [0.1, 0.15) is 44.1 Å². The van der Waals surface area contributed by atoms with E-state index in [1.807, 2.05) is 32.2 Å². The first-order valence-corrected chi connectivity index (χ1v) is 9.70.